The summed E-state index contributed by atoms with van der Waals surface area (Å²) in [7, 11) is 6.80. The molecule has 3 rings (SSSR count). The monoisotopic (exact) mass is 482 g/mol. The van der Waals surface area contributed by atoms with Crippen LogP contribution in [0.2, 0.25) is 0 Å². The van der Waals surface area contributed by atoms with Crippen LogP contribution in [0, 0.1) is 5.92 Å². The van der Waals surface area contributed by atoms with E-state index >= 15 is 0 Å². The van der Waals surface area contributed by atoms with E-state index in [4.69, 9.17) is 14.2 Å². The van der Waals surface area contributed by atoms with Crippen LogP contribution >= 0.6 is 0 Å². The Kier molecular flexibility index (Phi) is 8.40. The van der Waals surface area contributed by atoms with Crippen LogP contribution in [0.1, 0.15) is 31.0 Å². The minimum absolute atomic E-state index is 0.0103. The Balaban J connectivity index is 2.13. The van der Waals surface area contributed by atoms with E-state index in [-0.39, 0.29) is 11.3 Å². The zero-order chi connectivity index (χ0) is 25.7. The van der Waals surface area contributed by atoms with Crippen molar-refractivity contribution in [2.75, 3.05) is 48.0 Å². The normalized spacial score (nSPS) is 17.4. The molecule has 0 saturated carbocycles. The van der Waals surface area contributed by atoms with Crippen LogP contribution in [0.25, 0.3) is 5.76 Å². The number of likely N-dealkylation sites (N-methyl/N-ethyl adjacent to an activating group) is 1. The first-order valence-electron chi connectivity index (χ1n) is 11.6. The minimum Gasteiger partial charge on any atom is -0.507 e. The number of ether oxygens (including phenoxy) is 3. The standard InChI is InChI=1S/C27H34N2O6/c1-17(2)16-35-19-12-10-18(11-13-19)24(30)22-23(20-8-7-9-21(33-5)26(20)34-6)29(15-14-28(3)4)27(32)25(22)31/h7-13,17,23,30H,14-16H2,1-6H3/b24-22+/t23-/m1/s1. The van der Waals surface area contributed by atoms with Crippen molar-refractivity contribution in [1.82, 2.24) is 9.80 Å². The van der Waals surface area contributed by atoms with Gasteiger partial charge < -0.3 is 29.1 Å². The second-order valence-corrected chi connectivity index (χ2v) is 9.11. The molecule has 1 aliphatic heterocycles. The summed E-state index contributed by atoms with van der Waals surface area (Å²) in [5.41, 5.74) is 0.985. The number of likely N-dealkylation sites (tertiary alicyclic amines) is 1. The van der Waals surface area contributed by atoms with E-state index < -0.39 is 17.7 Å². The summed E-state index contributed by atoms with van der Waals surface area (Å²) in [6.45, 7) is 5.52. The van der Waals surface area contributed by atoms with Gasteiger partial charge in [-0.2, -0.15) is 0 Å². The van der Waals surface area contributed by atoms with Crippen molar-refractivity contribution in [3.8, 4) is 17.2 Å². The molecule has 0 unspecified atom stereocenters. The molecule has 0 spiro atoms. The van der Waals surface area contributed by atoms with Crippen LogP contribution in [0.5, 0.6) is 17.2 Å². The number of methoxy groups -OCH3 is 2. The van der Waals surface area contributed by atoms with Gasteiger partial charge in [-0.25, -0.2) is 0 Å². The third-order valence-electron chi connectivity index (χ3n) is 5.77. The fraction of sp³-hybridized carbons (Fsp3) is 0.407. The van der Waals surface area contributed by atoms with Gasteiger partial charge in [-0.1, -0.05) is 26.0 Å². The number of hydrogen-bond donors (Lipinski definition) is 1. The van der Waals surface area contributed by atoms with Gasteiger partial charge in [0, 0.05) is 24.2 Å². The second kappa shape index (κ2) is 11.3. The maximum Gasteiger partial charge on any atom is 0.295 e. The zero-order valence-electron chi connectivity index (χ0n) is 21.2. The number of para-hydroxylation sites is 1. The van der Waals surface area contributed by atoms with Crippen LogP contribution in [-0.2, 0) is 9.59 Å². The number of aliphatic hydroxyl groups excluding tert-OH is 1. The number of carbonyl (C=O) groups excluding carboxylic acids is 2. The molecule has 0 aromatic heterocycles. The van der Waals surface area contributed by atoms with E-state index in [1.54, 1.807) is 42.5 Å². The van der Waals surface area contributed by atoms with Crippen LogP contribution in [0.15, 0.2) is 48.0 Å². The van der Waals surface area contributed by atoms with E-state index in [9.17, 15) is 14.7 Å². The number of aliphatic hydroxyl groups is 1. The molecule has 2 aromatic carbocycles. The smallest absolute Gasteiger partial charge is 0.295 e. The van der Waals surface area contributed by atoms with Crippen molar-refractivity contribution in [2.24, 2.45) is 5.92 Å². The number of hydrogen-bond acceptors (Lipinski definition) is 7. The SMILES string of the molecule is COc1cccc([C@@H]2/C(=C(\O)c3ccc(OCC(C)C)cc3)C(=O)C(=O)N2CCN(C)C)c1OC. The van der Waals surface area contributed by atoms with Crippen molar-refractivity contribution in [3.63, 3.8) is 0 Å². The maximum absolute atomic E-state index is 13.2. The lowest BCUT2D eigenvalue weighted by Crippen LogP contribution is -2.35. The van der Waals surface area contributed by atoms with Crippen LogP contribution in [-0.4, -0.2) is 74.6 Å². The number of Topliss-reactive ketones (excluding diaryl/α,β-unsaturated/α-hetero) is 1. The Morgan fingerprint density at radius 2 is 1.74 bits per heavy atom. The molecule has 0 bridgehead atoms. The first kappa shape index (κ1) is 26.1. The largest absolute Gasteiger partial charge is 0.507 e. The summed E-state index contributed by atoms with van der Waals surface area (Å²) in [5.74, 6) is 0.249. The van der Waals surface area contributed by atoms with Gasteiger partial charge in [0.15, 0.2) is 11.5 Å². The molecule has 0 aliphatic carbocycles. The van der Waals surface area contributed by atoms with E-state index in [0.717, 1.165) is 0 Å². The van der Waals surface area contributed by atoms with Gasteiger partial charge in [0.05, 0.1) is 32.4 Å². The van der Waals surface area contributed by atoms with Gasteiger partial charge in [-0.05, 0) is 50.3 Å². The van der Waals surface area contributed by atoms with Gasteiger partial charge in [0.25, 0.3) is 11.7 Å². The van der Waals surface area contributed by atoms with E-state index in [0.29, 0.717) is 54.0 Å². The zero-order valence-corrected chi connectivity index (χ0v) is 21.2. The fourth-order valence-corrected chi connectivity index (χ4v) is 4.00. The molecule has 188 valence electrons. The summed E-state index contributed by atoms with van der Waals surface area (Å²) in [6.07, 6.45) is 0. The summed E-state index contributed by atoms with van der Waals surface area (Å²) in [5, 5.41) is 11.3. The molecule has 1 amide bonds. The number of rotatable bonds is 10. The molecule has 1 saturated heterocycles. The molecule has 1 N–H and O–H groups in total. The molecule has 1 fully saturated rings. The van der Waals surface area contributed by atoms with E-state index in [1.165, 1.54) is 19.1 Å². The lowest BCUT2D eigenvalue weighted by atomic mass is 9.94. The molecule has 1 heterocycles. The highest BCUT2D eigenvalue weighted by molar-refractivity contribution is 6.46. The lowest BCUT2D eigenvalue weighted by Gasteiger charge is -2.28. The summed E-state index contributed by atoms with van der Waals surface area (Å²) >= 11 is 0. The first-order chi connectivity index (χ1) is 16.7. The predicted octanol–water partition coefficient (Wildman–Crippen LogP) is 3.72. The fourth-order valence-electron chi connectivity index (χ4n) is 4.00. The topological polar surface area (TPSA) is 88.5 Å². The lowest BCUT2D eigenvalue weighted by molar-refractivity contribution is -0.140. The number of nitrogens with zero attached hydrogens (tertiary/aromatic N) is 2. The Labute approximate surface area is 206 Å². The summed E-state index contributed by atoms with van der Waals surface area (Å²) in [4.78, 5) is 29.8. The third kappa shape index (κ3) is 5.59. The van der Waals surface area contributed by atoms with Crippen molar-refractivity contribution < 1.29 is 28.9 Å². The average Bonchev–Trinajstić information content (AvgIpc) is 3.10. The van der Waals surface area contributed by atoms with Gasteiger partial charge in [-0.3, -0.25) is 9.59 Å². The molecule has 8 nitrogen and oxygen atoms in total. The summed E-state index contributed by atoms with van der Waals surface area (Å²) < 4.78 is 16.8. The average molecular weight is 483 g/mol. The molecule has 0 radical (unpaired) electrons. The number of amides is 1. The molecular formula is C27H34N2O6. The second-order valence-electron chi connectivity index (χ2n) is 9.11. The quantitative estimate of drug-likeness (QED) is 0.314. The minimum atomic E-state index is -0.836. The van der Waals surface area contributed by atoms with Gasteiger partial charge in [-0.15, -0.1) is 0 Å². The van der Waals surface area contributed by atoms with Crippen LogP contribution in [0.3, 0.4) is 0 Å². The Morgan fingerprint density at radius 3 is 2.31 bits per heavy atom. The van der Waals surface area contributed by atoms with Crippen molar-refractivity contribution in [3.05, 3.63) is 59.2 Å². The van der Waals surface area contributed by atoms with Gasteiger partial charge >= 0.3 is 0 Å². The summed E-state index contributed by atoms with van der Waals surface area (Å²) in [6, 6.07) is 11.3. The number of carbonyl (C=O) groups is 2. The number of ketones is 1. The molecule has 1 aliphatic rings. The molecule has 1 atom stereocenters. The number of benzene rings is 2. The molecule has 35 heavy (non-hydrogen) atoms. The predicted molar refractivity (Wildman–Crippen MR) is 134 cm³/mol. The van der Waals surface area contributed by atoms with Crippen molar-refractivity contribution >= 4 is 17.4 Å². The van der Waals surface area contributed by atoms with Crippen LogP contribution < -0.4 is 14.2 Å². The van der Waals surface area contributed by atoms with E-state index in [2.05, 4.69) is 13.8 Å². The highest BCUT2D eigenvalue weighted by Crippen LogP contribution is 2.45. The van der Waals surface area contributed by atoms with Crippen molar-refractivity contribution in [1.29, 1.82) is 0 Å². The Morgan fingerprint density at radius 1 is 1.06 bits per heavy atom. The molecular weight excluding hydrogens is 448 g/mol. The van der Waals surface area contributed by atoms with Crippen molar-refractivity contribution in [2.45, 2.75) is 19.9 Å². The highest BCUT2D eigenvalue weighted by Gasteiger charge is 2.47. The first-order valence-corrected chi connectivity index (χ1v) is 11.6. The van der Waals surface area contributed by atoms with E-state index in [1.807, 2.05) is 19.0 Å². The van der Waals surface area contributed by atoms with Gasteiger partial charge in [0.1, 0.15) is 11.5 Å². The third-order valence-corrected chi connectivity index (χ3v) is 5.77. The van der Waals surface area contributed by atoms with Crippen LogP contribution in [0.4, 0.5) is 0 Å². The van der Waals surface area contributed by atoms with Gasteiger partial charge in [0.2, 0.25) is 0 Å². The highest BCUT2D eigenvalue weighted by atomic mass is 16.5. The maximum atomic E-state index is 13.2. The molecule has 2 aromatic rings. The Hall–Kier alpha value is -3.52. The molecule has 8 heteroatoms. The Bertz CT molecular complexity index is 1090.